The number of imidazole rings is 1. The van der Waals surface area contributed by atoms with Gasteiger partial charge in [-0.1, -0.05) is 6.92 Å². The molecule has 0 radical (unpaired) electrons. The smallest absolute Gasteiger partial charge is 0.114 e. The van der Waals surface area contributed by atoms with Crippen molar-refractivity contribution in [3.05, 3.63) is 24.3 Å². The predicted molar refractivity (Wildman–Crippen MR) is 70.6 cm³/mol. The van der Waals surface area contributed by atoms with Crippen LogP contribution in [-0.4, -0.2) is 27.6 Å². The number of nitrogens with one attached hydrogen (secondary N) is 1. The zero-order chi connectivity index (χ0) is 12.1. The summed E-state index contributed by atoms with van der Waals surface area (Å²) in [5.74, 6) is 2.50. The Bertz CT molecular complexity index is 584. The van der Waals surface area contributed by atoms with Crippen LogP contribution in [0, 0.1) is 5.92 Å². The van der Waals surface area contributed by atoms with E-state index in [9.17, 15) is 0 Å². The molecule has 1 saturated heterocycles. The Labute approximate surface area is 106 Å². The second kappa shape index (κ2) is 3.79. The van der Waals surface area contributed by atoms with Crippen molar-refractivity contribution in [3.63, 3.8) is 0 Å². The van der Waals surface area contributed by atoms with Gasteiger partial charge in [0.2, 0.25) is 0 Å². The van der Waals surface area contributed by atoms with Gasteiger partial charge >= 0.3 is 0 Å². The quantitative estimate of drug-likeness (QED) is 0.877. The molecule has 0 spiro atoms. The van der Waals surface area contributed by atoms with Gasteiger partial charge < -0.3 is 9.88 Å². The summed E-state index contributed by atoms with van der Waals surface area (Å²) >= 11 is 0. The molecule has 2 fully saturated rings. The first-order valence-electron chi connectivity index (χ1n) is 6.87. The van der Waals surface area contributed by atoms with Gasteiger partial charge in [0.1, 0.15) is 11.3 Å². The van der Waals surface area contributed by atoms with E-state index in [1.807, 2.05) is 12.4 Å². The number of pyridine rings is 1. The standard InChI is InChI=1S/C14H18N4/c1-9-6-16-7-11(9)14-17-12-8-15-5-4-13(12)18(14)10-2-3-10/h4-5,8-11,16H,2-3,6-7H2,1H3/t9-,11-/m1/s1. The van der Waals surface area contributed by atoms with Gasteiger partial charge in [0, 0.05) is 24.7 Å². The molecule has 4 nitrogen and oxygen atoms in total. The molecule has 1 aliphatic heterocycles. The van der Waals surface area contributed by atoms with Gasteiger partial charge in [0.05, 0.1) is 11.7 Å². The topological polar surface area (TPSA) is 42.7 Å². The van der Waals surface area contributed by atoms with Crippen molar-refractivity contribution in [2.75, 3.05) is 13.1 Å². The fourth-order valence-corrected chi connectivity index (χ4v) is 3.10. The van der Waals surface area contributed by atoms with E-state index in [4.69, 9.17) is 4.98 Å². The van der Waals surface area contributed by atoms with E-state index in [-0.39, 0.29) is 0 Å². The van der Waals surface area contributed by atoms with Crippen LogP contribution in [0.5, 0.6) is 0 Å². The summed E-state index contributed by atoms with van der Waals surface area (Å²) < 4.78 is 2.48. The van der Waals surface area contributed by atoms with Crippen molar-refractivity contribution in [1.82, 2.24) is 19.9 Å². The van der Waals surface area contributed by atoms with Crippen LogP contribution in [-0.2, 0) is 0 Å². The minimum absolute atomic E-state index is 0.554. The number of hydrogen-bond donors (Lipinski definition) is 1. The first-order chi connectivity index (χ1) is 8.84. The number of nitrogens with zero attached hydrogens (tertiary/aromatic N) is 3. The highest BCUT2D eigenvalue weighted by Crippen LogP contribution is 2.41. The van der Waals surface area contributed by atoms with E-state index < -0.39 is 0 Å². The van der Waals surface area contributed by atoms with Crippen molar-refractivity contribution in [2.45, 2.75) is 31.7 Å². The average Bonchev–Trinajstić information content (AvgIpc) is 3.01. The Hall–Kier alpha value is -1.42. The van der Waals surface area contributed by atoms with Crippen molar-refractivity contribution in [3.8, 4) is 0 Å². The number of aromatic nitrogens is 3. The van der Waals surface area contributed by atoms with E-state index >= 15 is 0 Å². The lowest BCUT2D eigenvalue weighted by molar-refractivity contribution is 0.519. The lowest BCUT2D eigenvalue weighted by atomic mass is 9.97. The van der Waals surface area contributed by atoms with E-state index in [1.54, 1.807) is 0 Å². The SMILES string of the molecule is C[C@@H]1CNC[C@H]1c1nc2cnccc2n1C1CC1. The molecule has 18 heavy (non-hydrogen) atoms. The average molecular weight is 242 g/mol. The predicted octanol–water partition coefficient (Wildman–Crippen LogP) is 2.09. The van der Waals surface area contributed by atoms with Crippen LogP contribution >= 0.6 is 0 Å². The summed E-state index contributed by atoms with van der Waals surface area (Å²) in [6.45, 7) is 4.49. The molecule has 0 amide bonds. The zero-order valence-electron chi connectivity index (χ0n) is 10.6. The fourth-order valence-electron chi connectivity index (χ4n) is 3.10. The molecule has 2 atom stereocenters. The third-order valence-corrected chi connectivity index (χ3v) is 4.28. The molecule has 2 aromatic heterocycles. The lowest BCUT2D eigenvalue weighted by Gasteiger charge is -2.16. The molecule has 0 bridgehead atoms. The van der Waals surface area contributed by atoms with Gasteiger partial charge in [0.25, 0.3) is 0 Å². The second-order valence-corrected chi connectivity index (χ2v) is 5.68. The molecule has 0 unspecified atom stereocenters. The Balaban J connectivity index is 1.90. The summed E-state index contributed by atoms with van der Waals surface area (Å²) in [7, 11) is 0. The van der Waals surface area contributed by atoms with Crippen LogP contribution in [0.2, 0.25) is 0 Å². The lowest BCUT2D eigenvalue weighted by Crippen LogP contribution is -2.14. The molecule has 94 valence electrons. The van der Waals surface area contributed by atoms with Crippen LogP contribution < -0.4 is 5.32 Å². The monoisotopic (exact) mass is 242 g/mol. The van der Waals surface area contributed by atoms with E-state index in [1.165, 1.54) is 24.2 Å². The summed E-state index contributed by atoms with van der Waals surface area (Å²) in [6, 6.07) is 2.79. The number of fused-ring (bicyclic) bond motifs is 1. The molecule has 1 saturated carbocycles. The minimum atomic E-state index is 0.554. The maximum absolute atomic E-state index is 4.87. The highest BCUT2D eigenvalue weighted by Gasteiger charge is 2.34. The minimum Gasteiger partial charge on any atom is -0.324 e. The number of hydrogen-bond acceptors (Lipinski definition) is 3. The molecule has 4 heteroatoms. The maximum atomic E-state index is 4.87. The Morgan fingerprint density at radius 2 is 2.22 bits per heavy atom. The molecule has 1 N–H and O–H groups in total. The normalized spacial score (nSPS) is 28.1. The maximum Gasteiger partial charge on any atom is 0.114 e. The highest BCUT2D eigenvalue weighted by molar-refractivity contribution is 5.75. The van der Waals surface area contributed by atoms with Gasteiger partial charge in [-0.15, -0.1) is 0 Å². The molecular weight excluding hydrogens is 224 g/mol. The van der Waals surface area contributed by atoms with Gasteiger partial charge in [-0.2, -0.15) is 0 Å². The van der Waals surface area contributed by atoms with Gasteiger partial charge in [-0.25, -0.2) is 4.98 Å². The molecule has 4 rings (SSSR count). The van der Waals surface area contributed by atoms with Gasteiger partial charge in [0.15, 0.2) is 0 Å². The van der Waals surface area contributed by atoms with Crippen molar-refractivity contribution < 1.29 is 0 Å². The van der Waals surface area contributed by atoms with E-state index in [0.717, 1.165) is 18.6 Å². The van der Waals surface area contributed by atoms with E-state index in [2.05, 4.69) is 27.9 Å². The summed E-state index contributed by atoms with van der Waals surface area (Å²) in [5.41, 5.74) is 2.32. The largest absolute Gasteiger partial charge is 0.324 e. The molecule has 2 aromatic rings. The van der Waals surface area contributed by atoms with Crippen molar-refractivity contribution in [2.24, 2.45) is 5.92 Å². The van der Waals surface area contributed by atoms with Crippen LogP contribution in [0.3, 0.4) is 0 Å². The van der Waals surface area contributed by atoms with Crippen LogP contribution in [0.15, 0.2) is 18.5 Å². The Kier molecular flexibility index (Phi) is 2.21. The number of rotatable bonds is 2. The van der Waals surface area contributed by atoms with Gasteiger partial charge in [-0.3, -0.25) is 4.98 Å². The molecule has 2 aliphatic rings. The first-order valence-corrected chi connectivity index (χ1v) is 6.87. The summed E-state index contributed by atoms with van der Waals surface area (Å²) in [4.78, 5) is 9.07. The van der Waals surface area contributed by atoms with Crippen LogP contribution in [0.4, 0.5) is 0 Å². The van der Waals surface area contributed by atoms with Crippen molar-refractivity contribution >= 4 is 11.0 Å². The van der Waals surface area contributed by atoms with Crippen molar-refractivity contribution in [1.29, 1.82) is 0 Å². The fraction of sp³-hybridized carbons (Fsp3) is 0.571. The molecule has 1 aliphatic carbocycles. The summed E-state index contributed by atoms with van der Waals surface area (Å²) in [6.07, 6.45) is 6.37. The summed E-state index contributed by atoms with van der Waals surface area (Å²) in [5, 5.41) is 3.48. The zero-order valence-corrected chi connectivity index (χ0v) is 10.6. The Morgan fingerprint density at radius 3 is 2.94 bits per heavy atom. The second-order valence-electron chi connectivity index (χ2n) is 5.68. The van der Waals surface area contributed by atoms with Crippen LogP contribution in [0.1, 0.15) is 37.5 Å². The van der Waals surface area contributed by atoms with E-state index in [0.29, 0.717) is 17.9 Å². The molecular formula is C14H18N4. The third-order valence-electron chi connectivity index (χ3n) is 4.28. The Morgan fingerprint density at radius 1 is 1.33 bits per heavy atom. The highest BCUT2D eigenvalue weighted by atomic mass is 15.1. The molecule has 0 aromatic carbocycles. The van der Waals surface area contributed by atoms with Gasteiger partial charge in [-0.05, 0) is 31.4 Å². The van der Waals surface area contributed by atoms with Crippen LogP contribution in [0.25, 0.3) is 11.0 Å². The third kappa shape index (κ3) is 1.48. The first kappa shape index (κ1) is 10.5. The molecule has 3 heterocycles.